The van der Waals surface area contributed by atoms with Crippen molar-refractivity contribution in [2.24, 2.45) is 5.92 Å². The molecule has 1 unspecified atom stereocenters. The van der Waals surface area contributed by atoms with Crippen molar-refractivity contribution in [3.8, 4) is 10.6 Å². The van der Waals surface area contributed by atoms with Crippen LogP contribution in [0, 0.1) is 12.8 Å². The van der Waals surface area contributed by atoms with Crippen molar-refractivity contribution in [3.63, 3.8) is 0 Å². The molecular weight excluding hydrogens is 356 g/mol. The van der Waals surface area contributed by atoms with Crippen molar-refractivity contribution in [1.29, 1.82) is 0 Å². The number of nitrogens with zero attached hydrogens (tertiary/aromatic N) is 2. The summed E-state index contributed by atoms with van der Waals surface area (Å²) in [6.07, 6.45) is 0.174. The summed E-state index contributed by atoms with van der Waals surface area (Å²) in [5.74, 6) is -0.497. The first-order valence-electron chi connectivity index (χ1n) is 7.99. The van der Waals surface area contributed by atoms with Crippen LogP contribution in [0.2, 0.25) is 0 Å². The van der Waals surface area contributed by atoms with Crippen molar-refractivity contribution in [1.82, 2.24) is 4.98 Å². The van der Waals surface area contributed by atoms with Gasteiger partial charge in [-0.05, 0) is 42.3 Å². The standard InChI is InChI=1S/C19H15ClN2O2S/c1-11-6-7-12(19-21-14-4-2-3-5-16(14)25-19)8-15(11)22-10-13(18(20)24)9-17(22)23/h2-8,13H,9-10H2,1H3. The lowest BCUT2D eigenvalue weighted by Gasteiger charge is -2.19. The van der Waals surface area contributed by atoms with Gasteiger partial charge in [0.1, 0.15) is 5.01 Å². The van der Waals surface area contributed by atoms with E-state index in [1.165, 1.54) is 0 Å². The Labute approximate surface area is 154 Å². The van der Waals surface area contributed by atoms with Crippen LogP contribution in [-0.4, -0.2) is 22.7 Å². The minimum Gasteiger partial charge on any atom is -0.311 e. The summed E-state index contributed by atoms with van der Waals surface area (Å²) in [5, 5.41) is 0.467. The molecule has 1 amide bonds. The number of hydrogen-bond donors (Lipinski definition) is 0. The van der Waals surface area contributed by atoms with Gasteiger partial charge in [0.2, 0.25) is 11.1 Å². The fourth-order valence-corrected chi connectivity index (χ4v) is 4.23. The summed E-state index contributed by atoms with van der Waals surface area (Å²) < 4.78 is 1.13. The summed E-state index contributed by atoms with van der Waals surface area (Å²) >= 11 is 7.21. The number of aryl methyl sites for hydroxylation is 1. The summed E-state index contributed by atoms with van der Waals surface area (Å²) in [5.41, 5.74) is 3.74. The van der Waals surface area contributed by atoms with Crippen LogP contribution in [0.4, 0.5) is 5.69 Å². The molecule has 0 spiro atoms. The maximum absolute atomic E-state index is 12.3. The maximum Gasteiger partial charge on any atom is 0.227 e. The van der Waals surface area contributed by atoms with E-state index in [0.29, 0.717) is 6.54 Å². The molecular formula is C19H15ClN2O2S. The summed E-state index contributed by atoms with van der Waals surface area (Å²) in [7, 11) is 0. The number of carbonyl (C=O) groups excluding carboxylic acids is 2. The van der Waals surface area contributed by atoms with Gasteiger partial charge in [-0.2, -0.15) is 0 Å². The number of fused-ring (bicyclic) bond motifs is 1. The molecule has 4 nitrogen and oxygen atoms in total. The Kier molecular flexibility index (Phi) is 4.06. The molecule has 2 aromatic carbocycles. The normalized spacial score (nSPS) is 17.4. The zero-order valence-corrected chi connectivity index (χ0v) is 15.1. The Hall–Kier alpha value is -2.24. The molecule has 1 atom stereocenters. The second-order valence-electron chi connectivity index (χ2n) is 6.20. The number of carbonyl (C=O) groups is 2. The smallest absolute Gasteiger partial charge is 0.227 e. The van der Waals surface area contributed by atoms with E-state index in [1.807, 2.05) is 49.4 Å². The van der Waals surface area contributed by atoms with Crippen LogP contribution in [0.25, 0.3) is 20.8 Å². The maximum atomic E-state index is 12.3. The molecule has 1 aliphatic rings. The van der Waals surface area contributed by atoms with Crippen molar-refractivity contribution in [2.75, 3.05) is 11.4 Å². The average molecular weight is 371 g/mol. The van der Waals surface area contributed by atoms with Crippen LogP contribution in [0.3, 0.4) is 0 Å². The lowest BCUT2D eigenvalue weighted by Crippen LogP contribution is -2.26. The molecule has 25 heavy (non-hydrogen) atoms. The highest BCUT2D eigenvalue weighted by Gasteiger charge is 2.35. The third-order valence-electron chi connectivity index (χ3n) is 4.49. The number of thiazole rings is 1. The number of aromatic nitrogens is 1. The summed E-state index contributed by atoms with van der Waals surface area (Å²) in [6.45, 7) is 2.30. The first kappa shape index (κ1) is 16.2. The molecule has 6 heteroatoms. The van der Waals surface area contributed by atoms with Crippen molar-refractivity contribution >= 4 is 50.0 Å². The number of halogens is 1. The molecule has 0 N–H and O–H groups in total. The number of amides is 1. The highest BCUT2D eigenvalue weighted by atomic mass is 35.5. The molecule has 0 aliphatic carbocycles. The molecule has 1 saturated heterocycles. The largest absolute Gasteiger partial charge is 0.311 e. The van der Waals surface area contributed by atoms with E-state index in [9.17, 15) is 9.59 Å². The lowest BCUT2D eigenvalue weighted by molar-refractivity contribution is -0.120. The van der Waals surface area contributed by atoms with E-state index in [4.69, 9.17) is 11.6 Å². The Morgan fingerprint density at radius 2 is 2.08 bits per heavy atom. The Morgan fingerprint density at radius 3 is 2.80 bits per heavy atom. The monoisotopic (exact) mass is 370 g/mol. The van der Waals surface area contributed by atoms with Gasteiger partial charge in [0, 0.05) is 24.2 Å². The van der Waals surface area contributed by atoms with Crippen LogP contribution < -0.4 is 4.90 Å². The molecule has 2 heterocycles. The molecule has 126 valence electrons. The average Bonchev–Trinajstić information content (AvgIpc) is 3.19. The molecule has 1 aliphatic heterocycles. The first-order valence-corrected chi connectivity index (χ1v) is 9.18. The van der Waals surface area contributed by atoms with Gasteiger partial charge in [-0.3, -0.25) is 9.59 Å². The number of rotatable bonds is 3. The van der Waals surface area contributed by atoms with Gasteiger partial charge in [0.25, 0.3) is 0 Å². The minimum absolute atomic E-state index is 0.0662. The number of benzene rings is 2. The molecule has 1 fully saturated rings. The molecule has 0 bridgehead atoms. The summed E-state index contributed by atoms with van der Waals surface area (Å²) in [6, 6.07) is 14.0. The van der Waals surface area contributed by atoms with Crippen LogP contribution >= 0.6 is 22.9 Å². The van der Waals surface area contributed by atoms with Crippen LogP contribution in [0.5, 0.6) is 0 Å². The van der Waals surface area contributed by atoms with E-state index in [1.54, 1.807) is 16.2 Å². The molecule has 1 aromatic heterocycles. The minimum atomic E-state index is -0.448. The van der Waals surface area contributed by atoms with E-state index in [2.05, 4.69) is 4.98 Å². The Bertz CT molecular complexity index is 965. The number of hydrogen-bond acceptors (Lipinski definition) is 4. The quantitative estimate of drug-likeness (QED) is 0.642. The predicted molar refractivity (Wildman–Crippen MR) is 101 cm³/mol. The summed E-state index contributed by atoms with van der Waals surface area (Å²) in [4.78, 5) is 30.1. The van der Waals surface area contributed by atoms with Gasteiger partial charge >= 0.3 is 0 Å². The molecule has 0 saturated carbocycles. The van der Waals surface area contributed by atoms with E-state index in [-0.39, 0.29) is 12.3 Å². The van der Waals surface area contributed by atoms with Gasteiger partial charge in [-0.1, -0.05) is 24.3 Å². The van der Waals surface area contributed by atoms with Crippen LogP contribution in [-0.2, 0) is 9.59 Å². The third kappa shape index (κ3) is 2.94. The van der Waals surface area contributed by atoms with Crippen molar-refractivity contribution in [3.05, 3.63) is 48.0 Å². The topological polar surface area (TPSA) is 50.3 Å². The first-order chi connectivity index (χ1) is 12.0. The van der Waals surface area contributed by atoms with Gasteiger partial charge in [-0.25, -0.2) is 4.98 Å². The zero-order chi connectivity index (χ0) is 17.6. The van der Waals surface area contributed by atoms with E-state index in [0.717, 1.165) is 32.0 Å². The fraction of sp³-hybridized carbons (Fsp3) is 0.211. The van der Waals surface area contributed by atoms with Crippen molar-refractivity contribution in [2.45, 2.75) is 13.3 Å². The predicted octanol–water partition coefficient (Wildman–Crippen LogP) is 4.39. The van der Waals surface area contributed by atoms with Gasteiger partial charge in [0.15, 0.2) is 0 Å². The van der Waals surface area contributed by atoms with Crippen LogP contribution in [0.1, 0.15) is 12.0 Å². The Morgan fingerprint density at radius 1 is 1.28 bits per heavy atom. The highest BCUT2D eigenvalue weighted by molar-refractivity contribution is 7.21. The number of para-hydroxylation sites is 1. The number of anilines is 1. The zero-order valence-electron chi connectivity index (χ0n) is 13.5. The van der Waals surface area contributed by atoms with Gasteiger partial charge in [-0.15, -0.1) is 11.3 Å². The van der Waals surface area contributed by atoms with Gasteiger partial charge in [0.05, 0.1) is 16.1 Å². The van der Waals surface area contributed by atoms with E-state index >= 15 is 0 Å². The SMILES string of the molecule is Cc1ccc(-c2nc3ccccc3s2)cc1N1CC(C(=O)Cl)CC1=O. The third-order valence-corrected chi connectivity index (χ3v) is 5.88. The molecule has 4 rings (SSSR count). The Balaban J connectivity index is 1.74. The van der Waals surface area contributed by atoms with Gasteiger partial charge < -0.3 is 4.90 Å². The van der Waals surface area contributed by atoms with E-state index < -0.39 is 11.2 Å². The molecule has 3 aromatic rings. The molecule has 0 radical (unpaired) electrons. The second kappa shape index (κ2) is 6.24. The highest BCUT2D eigenvalue weighted by Crippen LogP contribution is 2.35. The fourth-order valence-electron chi connectivity index (χ4n) is 3.12. The lowest BCUT2D eigenvalue weighted by atomic mass is 10.1. The second-order valence-corrected chi connectivity index (χ2v) is 7.60. The van der Waals surface area contributed by atoms with Crippen LogP contribution in [0.15, 0.2) is 42.5 Å². The van der Waals surface area contributed by atoms with Crippen molar-refractivity contribution < 1.29 is 9.59 Å².